The van der Waals surface area contributed by atoms with Crippen LogP contribution in [0.15, 0.2) is 65.7 Å². The molecule has 20 heavy (non-hydrogen) atoms. The standard InChI is InChI=1S/C16H15ClN2.ClH/c17-15-9-6-13(7-10-15)8-11-16(18)19-12-14-4-2-1-3-5-14;/h1-11H,12H2,(H2,18,19);1H/b11-8+;. The van der Waals surface area contributed by atoms with Crippen LogP contribution in [-0.4, -0.2) is 5.84 Å². The highest BCUT2D eigenvalue weighted by Gasteiger charge is 1.91. The molecule has 0 atom stereocenters. The maximum Gasteiger partial charge on any atom is 0.118 e. The summed E-state index contributed by atoms with van der Waals surface area (Å²) >= 11 is 5.82. The van der Waals surface area contributed by atoms with E-state index >= 15 is 0 Å². The van der Waals surface area contributed by atoms with Gasteiger partial charge in [0.05, 0.1) is 6.54 Å². The third-order valence-corrected chi connectivity index (χ3v) is 2.86. The van der Waals surface area contributed by atoms with Crippen molar-refractivity contribution in [3.05, 3.63) is 76.8 Å². The van der Waals surface area contributed by atoms with E-state index < -0.39 is 0 Å². The molecule has 0 spiro atoms. The molecule has 2 N–H and O–H groups in total. The molecule has 0 fully saturated rings. The summed E-state index contributed by atoms with van der Waals surface area (Å²) in [7, 11) is 0. The Morgan fingerprint density at radius 2 is 1.70 bits per heavy atom. The van der Waals surface area contributed by atoms with E-state index in [4.69, 9.17) is 17.3 Å². The first-order valence-corrected chi connectivity index (χ1v) is 6.39. The summed E-state index contributed by atoms with van der Waals surface area (Å²) in [4.78, 5) is 4.31. The van der Waals surface area contributed by atoms with Crippen LogP contribution in [0, 0.1) is 0 Å². The summed E-state index contributed by atoms with van der Waals surface area (Å²) in [5.74, 6) is 0.513. The number of hydrogen-bond donors (Lipinski definition) is 1. The van der Waals surface area contributed by atoms with Crippen LogP contribution in [0.5, 0.6) is 0 Å². The van der Waals surface area contributed by atoms with Gasteiger partial charge in [0.2, 0.25) is 0 Å². The molecule has 0 radical (unpaired) electrons. The van der Waals surface area contributed by atoms with E-state index in [-0.39, 0.29) is 12.4 Å². The van der Waals surface area contributed by atoms with Crippen molar-refractivity contribution in [2.75, 3.05) is 0 Å². The van der Waals surface area contributed by atoms with Gasteiger partial charge in [0.25, 0.3) is 0 Å². The molecule has 0 bridgehead atoms. The minimum Gasteiger partial charge on any atom is -0.384 e. The summed E-state index contributed by atoms with van der Waals surface area (Å²) in [6.07, 6.45) is 3.71. The van der Waals surface area contributed by atoms with Crippen LogP contribution in [0.4, 0.5) is 0 Å². The van der Waals surface area contributed by atoms with Crippen LogP contribution in [0.25, 0.3) is 6.08 Å². The molecule has 0 heterocycles. The molecule has 2 aromatic rings. The maximum absolute atomic E-state index is 5.84. The zero-order chi connectivity index (χ0) is 13.5. The molecule has 104 valence electrons. The quantitative estimate of drug-likeness (QED) is 0.662. The molecule has 0 saturated carbocycles. The minimum absolute atomic E-state index is 0. The summed E-state index contributed by atoms with van der Waals surface area (Å²) in [5, 5.41) is 0.725. The fourth-order valence-electron chi connectivity index (χ4n) is 1.57. The highest BCUT2D eigenvalue weighted by Crippen LogP contribution is 2.10. The average Bonchev–Trinajstić information content (AvgIpc) is 2.45. The van der Waals surface area contributed by atoms with Gasteiger partial charge in [0.1, 0.15) is 5.84 Å². The van der Waals surface area contributed by atoms with Gasteiger partial charge in [-0.15, -0.1) is 12.4 Å². The van der Waals surface area contributed by atoms with Crippen LogP contribution in [-0.2, 0) is 6.54 Å². The van der Waals surface area contributed by atoms with E-state index in [9.17, 15) is 0 Å². The number of halogens is 2. The Bertz CT molecular complexity index is 575. The second-order valence-electron chi connectivity index (χ2n) is 4.11. The second kappa shape index (κ2) is 8.41. The van der Waals surface area contributed by atoms with Gasteiger partial charge in [-0.3, -0.25) is 4.99 Å². The number of amidine groups is 1. The Labute approximate surface area is 130 Å². The first-order valence-electron chi connectivity index (χ1n) is 6.01. The van der Waals surface area contributed by atoms with E-state index in [1.165, 1.54) is 0 Å². The molecular formula is C16H16Cl2N2. The Morgan fingerprint density at radius 1 is 1.05 bits per heavy atom. The van der Waals surface area contributed by atoms with Crippen molar-refractivity contribution in [2.24, 2.45) is 10.7 Å². The van der Waals surface area contributed by atoms with Gasteiger partial charge in [-0.2, -0.15) is 0 Å². The zero-order valence-electron chi connectivity index (χ0n) is 10.9. The Hall–Kier alpha value is -1.77. The molecule has 0 unspecified atom stereocenters. The van der Waals surface area contributed by atoms with E-state index in [1.54, 1.807) is 6.08 Å². The van der Waals surface area contributed by atoms with Crippen molar-refractivity contribution in [1.29, 1.82) is 0 Å². The Morgan fingerprint density at radius 3 is 2.35 bits per heavy atom. The third kappa shape index (κ3) is 5.47. The molecule has 0 aliphatic heterocycles. The number of hydrogen-bond acceptors (Lipinski definition) is 1. The number of nitrogens with two attached hydrogens (primary N) is 1. The van der Waals surface area contributed by atoms with Crippen molar-refractivity contribution in [2.45, 2.75) is 6.54 Å². The first-order chi connectivity index (χ1) is 9.24. The first kappa shape index (κ1) is 16.3. The molecule has 4 heteroatoms. The fraction of sp³-hybridized carbons (Fsp3) is 0.0625. The summed E-state index contributed by atoms with van der Waals surface area (Å²) in [6, 6.07) is 17.6. The minimum atomic E-state index is 0. The van der Waals surface area contributed by atoms with Gasteiger partial charge in [0, 0.05) is 5.02 Å². The van der Waals surface area contributed by atoms with Gasteiger partial charge in [-0.1, -0.05) is 60.1 Å². The van der Waals surface area contributed by atoms with Crippen molar-refractivity contribution in [3.63, 3.8) is 0 Å². The molecule has 0 saturated heterocycles. The maximum atomic E-state index is 5.84. The predicted molar refractivity (Wildman–Crippen MR) is 89.5 cm³/mol. The average molecular weight is 307 g/mol. The van der Waals surface area contributed by atoms with Crippen molar-refractivity contribution >= 4 is 35.9 Å². The van der Waals surface area contributed by atoms with Gasteiger partial charge >= 0.3 is 0 Å². The van der Waals surface area contributed by atoms with Crippen molar-refractivity contribution in [1.82, 2.24) is 0 Å². The number of benzene rings is 2. The van der Waals surface area contributed by atoms with Gasteiger partial charge < -0.3 is 5.73 Å². The number of aliphatic imine (C=N–C) groups is 1. The van der Waals surface area contributed by atoms with Crippen LogP contribution in [0.3, 0.4) is 0 Å². The van der Waals surface area contributed by atoms with Gasteiger partial charge in [-0.25, -0.2) is 0 Å². The molecule has 2 rings (SSSR count). The Balaban J connectivity index is 0.00000200. The zero-order valence-corrected chi connectivity index (χ0v) is 12.4. The van der Waals surface area contributed by atoms with E-state index in [1.807, 2.05) is 60.7 Å². The fourth-order valence-corrected chi connectivity index (χ4v) is 1.70. The van der Waals surface area contributed by atoms with Crippen LogP contribution >= 0.6 is 24.0 Å². The number of nitrogens with zero attached hydrogens (tertiary/aromatic N) is 1. The van der Waals surface area contributed by atoms with Crippen LogP contribution < -0.4 is 5.73 Å². The summed E-state index contributed by atoms with van der Waals surface area (Å²) in [6.45, 7) is 0.595. The van der Waals surface area contributed by atoms with E-state index in [2.05, 4.69) is 4.99 Å². The van der Waals surface area contributed by atoms with Crippen LogP contribution in [0.1, 0.15) is 11.1 Å². The van der Waals surface area contributed by atoms with Gasteiger partial charge in [0.15, 0.2) is 0 Å². The van der Waals surface area contributed by atoms with Gasteiger partial charge in [-0.05, 0) is 29.3 Å². The lowest BCUT2D eigenvalue weighted by atomic mass is 10.2. The largest absolute Gasteiger partial charge is 0.384 e. The van der Waals surface area contributed by atoms with E-state index in [0.29, 0.717) is 12.4 Å². The molecular weight excluding hydrogens is 291 g/mol. The highest BCUT2D eigenvalue weighted by molar-refractivity contribution is 6.30. The van der Waals surface area contributed by atoms with Crippen molar-refractivity contribution in [3.8, 4) is 0 Å². The Kier molecular flexibility index (Phi) is 6.85. The summed E-state index contributed by atoms with van der Waals surface area (Å²) in [5.41, 5.74) is 8.02. The second-order valence-corrected chi connectivity index (χ2v) is 4.55. The summed E-state index contributed by atoms with van der Waals surface area (Å²) < 4.78 is 0. The SMILES string of the molecule is Cl.NC(/C=C/c1ccc(Cl)cc1)=NCc1ccccc1. The monoisotopic (exact) mass is 306 g/mol. The van der Waals surface area contributed by atoms with E-state index in [0.717, 1.165) is 16.1 Å². The topological polar surface area (TPSA) is 38.4 Å². The lowest BCUT2D eigenvalue weighted by Gasteiger charge is -1.97. The lowest BCUT2D eigenvalue weighted by molar-refractivity contribution is 1.06. The molecule has 0 amide bonds. The van der Waals surface area contributed by atoms with Crippen molar-refractivity contribution < 1.29 is 0 Å². The predicted octanol–water partition coefficient (Wildman–Crippen LogP) is 4.33. The third-order valence-electron chi connectivity index (χ3n) is 2.60. The molecule has 0 aliphatic carbocycles. The molecule has 0 aromatic heterocycles. The number of rotatable bonds is 4. The smallest absolute Gasteiger partial charge is 0.118 e. The highest BCUT2D eigenvalue weighted by atomic mass is 35.5. The molecule has 0 aliphatic rings. The molecule has 2 aromatic carbocycles. The lowest BCUT2D eigenvalue weighted by Crippen LogP contribution is -2.07. The van der Waals surface area contributed by atoms with Crippen LogP contribution in [0.2, 0.25) is 5.02 Å². The molecule has 2 nitrogen and oxygen atoms in total. The normalized spacial score (nSPS) is 11.3.